The molecule has 0 unspecified atom stereocenters. The van der Waals surface area contributed by atoms with Crippen LogP contribution in [0.2, 0.25) is 0 Å². The van der Waals surface area contributed by atoms with Crippen LogP contribution in [0.3, 0.4) is 0 Å². The quantitative estimate of drug-likeness (QED) is 0.417. The first-order chi connectivity index (χ1) is 7.78. The number of esters is 1. The number of carbonyl (C=O) groups excluding carboxylic acids is 2. The molecular formula is C6F8O4. The molecule has 0 spiro atoms. The third-order valence-electron chi connectivity index (χ3n) is 1.78. The van der Waals surface area contributed by atoms with Crippen molar-refractivity contribution in [2.45, 2.75) is 24.0 Å². The van der Waals surface area contributed by atoms with E-state index in [4.69, 9.17) is 0 Å². The van der Waals surface area contributed by atoms with Gasteiger partial charge in [0.2, 0.25) is 0 Å². The monoisotopic (exact) mass is 288 g/mol. The van der Waals surface area contributed by atoms with E-state index < -0.39 is 36.0 Å². The van der Waals surface area contributed by atoms with Gasteiger partial charge in [-0.15, -0.1) is 0 Å². The highest BCUT2D eigenvalue weighted by atomic mass is 19.4. The second-order valence-corrected chi connectivity index (χ2v) is 2.97. The summed E-state index contributed by atoms with van der Waals surface area (Å²) < 4.78 is 103. The molecule has 0 amide bonds. The number of ether oxygens (including phenoxy) is 2. The van der Waals surface area contributed by atoms with Crippen molar-refractivity contribution in [1.82, 2.24) is 0 Å². The van der Waals surface area contributed by atoms with E-state index in [-0.39, 0.29) is 0 Å². The van der Waals surface area contributed by atoms with Crippen LogP contribution < -0.4 is 0 Å². The Balaban J connectivity index is 3.34. The predicted octanol–water partition coefficient (Wildman–Crippen LogP) is 1.54. The minimum Gasteiger partial charge on any atom is -0.410 e. The Morgan fingerprint density at radius 1 is 1.06 bits per heavy atom. The van der Waals surface area contributed by atoms with Gasteiger partial charge in [0.15, 0.2) is 0 Å². The molecule has 0 N–H and O–H groups in total. The maximum absolute atomic E-state index is 13.0. The molecular weight excluding hydrogens is 288 g/mol. The van der Waals surface area contributed by atoms with Crippen molar-refractivity contribution in [3.63, 3.8) is 0 Å². The van der Waals surface area contributed by atoms with Crippen LogP contribution in [-0.4, -0.2) is 36.0 Å². The summed E-state index contributed by atoms with van der Waals surface area (Å²) in [4.78, 5) is 20.5. The van der Waals surface area contributed by atoms with Crippen LogP contribution in [0.1, 0.15) is 0 Å². The van der Waals surface area contributed by atoms with Crippen molar-refractivity contribution in [1.29, 1.82) is 0 Å². The summed E-state index contributed by atoms with van der Waals surface area (Å²) in [7, 11) is 0. The van der Waals surface area contributed by atoms with Gasteiger partial charge in [0.25, 0.3) is 0 Å². The predicted molar refractivity (Wildman–Crippen MR) is 32.0 cm³/mol. The molecule has 1 saturated heterocycles. The van der Waals surface area contributed by atoms with Gasteiger partial charge in [-0.25, -0.2) is 4.79 Å². The summed E-state index contributed by atoms with van der Waals surface area (Å²) in [5, 5.41) is 0. The van der Waals surface area contributed by atoms with E-state index in [1.54, 1.807) is 0 Å². The smallest absolute Gasteiger partial charge is 0.410 e. The Hall–Kier alpha value is -1.46. The zero-order valence-electron chi connectivity index (χ0n) is 7.66. The lowest BCUT2D eigenvalue weighted by Gasteiger charge is -2.25. The summed E-state index contributed by atoms with van der Waals surface area (Å²) in [6.07, 6.45) is -12.5. The highest BCUT2D eigenvalue weighted by Crippen LogP contribution is 2.50. The van der Waals surface area contributed by atoms with Gasteiger partial charge < -0.3 is 4.74 Å². The first-order valence-corrected chi connectivity index (χ1v) is 3.74. The Morgan fingerprint density at radius 3 is 1.67 bits per heavy atom. The van der Waals surface area contributed by atoms with Crippen LogP contribution in [0, 0.1) is 0 Å². The van der Waals surface area contributed by atoms with Crippen molar-refractivity contribution >= 4 is 12.0 Å². The van der Waals surface area contributed by atoms with E-state index in [9.17, 15) is 44.7 Å². The van der Waals surface area contributed by atoms with Crippen LogP contribution in [0.15, 0.2) is 0 Å². The number of carbonyl (C=O) groups is 2. The van der Waals surface area contributed by atoms with Crippen LogP contribution in [0.25, 0.3) is 0 Å². The SMILES string of the molecule is O=C(F)[C@@]1(C(F)(F)F)OC(=O)[C@@](F)(C(F)(F)F)O1. The van der Waals surface area contributed by atoms with E-state index in [1.807, 2.05) is 0 Å². The van der Waals surface area contributed by atoms with Gasteiger partial charge >= 0.3 is 36.0 Å². The summed E-state index contributed by atoms with van der Waals surface area (Å²) in [6, 6.07) is -3.65. The molecule has 4 nitrogen and oxygen atoms in total. The van der Waals surface area contributed by atoms with Crippen molar-refractivity contribution in [2.24, 2.45) is 0 Å². The van der Waals surface area contributed by atoms with Crippen LogP contribution in [0.5, 0.6) is 0 Å². The molecule has 0 aromatic heterocycles. The lowest BCUT2D eigenvalue weighted by molar-refractivity contribution is -0.381. The van der Waals surface area contributed by atoms with Gasteiger partial charge in [-0.3, -0.25) is 9.53 Å². The first-order valence-electron chi connectivity index (χ1n) is 3.74. The van der Waals surface area contributed by atoms with Crippen molar-refractivity contribution < 1.29 is 54.2 Å². The van der Waals surface area contributed by atoms with Gasteiger partial charge in [-0.1, -0.05) is 0 Å². The zero-order chi connectivity index (χ0) is 14.6. The third kappa shape index (κ3) is 1.71. The molecule has 0 bridgehead atoms. The molecule has 0 saturated carbocycles. The molecule has 0 aromatic rings. The van der Waals surface area contributed by atoms with E-state index >= 15 is 0 Å². The maximum atomic E-state index is 13.0. The topological polar surface area (TPSA) is 52.6 Å². The second-order valence-electron chi connectivity index (χ2n) is 2.97. The molecule has 1 heterocycles. The average molecular weight is 288 g/mol. The van der Waals surface area contributed by atoms with E-state index in [0.717, 1.165) is 0 Å². The Morgan fingerprint density at radius 2 is 1.50 bits per heavy atom. The number of cyclic esters (lactones) is 1. The Labute approximate surface area is 91.4 Å². The molecule has 0 aromatic carbocycles. The fraction of sp³-hybridized carbons (Fsp3) is 0.667. The standard InChI is InChI=1S/C6F8O4/c7-1(15)4(6(12,13)14)17-2(16)3(8,18-4)5(9,10)11/t3-,4+/m0/s1. The number of alkyl halides is 7. The minimum absolute atomic E-state index is 2.63. The Kier molecular flexibility index (Phi) is 2.86. The summed E-state index contributed by atoms with van der Waals surface area (Å²) in [6.45, 7) is 0. The summed E-state index contributed by atoms with van der Waals surface area (Å²) in [5.41, 5.74) is 0. The summed E-state index contributed by atoms with van der Waals surface area (Å²) in [5.74, 6) is -14.1. The van der Waals surface area contributed by atoms with Crippen LogP contribution in [-0.2, 0) is 19.1 Å². The fourth-order valence-electron chi connectivity index (χ4n) is 0.938. The molecule has 1 fully saturated rings. The molecule has 0 radical (unpaired) electrons. The average Bonchev–Trinajstić information content (AvgIpc) is 2.39. The zero-order valence-corrected chi connectivity index (χ0v) is 7.66. The molecule has 2 atom stereocenters. The number of hydrogen-bond acceptors (Lipinski definition) is 4. The maximum Gasteiger partial charge on any atom is 0.467 e. The van der Waals surface area contributed by atoms with E-state index in [2.05, 4.69) is 9.47 Å². The highest BCUT2D eigenvalue weighted by Gasteiger charge is 2.83. The molecule has 104 valence electrons. The van der Waals surface area contributed by atoms with Crippen molar-refractivity contribution in [2.75, 3.05) is 0 Å². The summed E-state index contributed by atoms with van der Waals surface area (Å²) >= 11 is 0. The first kappa shape index (κ1) is 14.6. The van der Waals surface area contributed by atoms with Crippen molar-refractivity contribution in [3.05, 3.63) is 0 Å². The lowest BCUT2D eigenvalue weighted by atomic mass is 10.3. The highest BCUT2D eigenvalue weighted by molar-refractivity contribution is 5.89. The lowest BCUT2D eigenvalue weighted by Crippen LogP contribution is -2.55. The normalized spacial score (nSPS) is 33.4. The molecule has 0 aliphatic carbocycles. The fourth-order valence-corrected chi connectivity index (χ4v) is 0.938. The number of rotatable bonds is 1. The van der Waals surface area contributed by atoms with E-state index in [1.165, 1.54) is 0 Å². The number of hydrogen-bond donors (Lipinski definition) is 0. The van der Waals surface area contributed by atoms with Crippen LogP contribution in [0.4, 0.5) is 35.1 Å². The third-order valence-corrected chi connectivity index (χ3v) is 1.78. The van der Waals surface area contributed by atoms with Gasteiger partial charge in [-0.2, -0.15) is 35.1 Å². The molecule has 12 heteroatoms. The van der Waals surface area contributed by atoms with Gasteiger partial charge in [0.05, 0.1) is 0 Å². The van der Waals surface area contributed by atoms with Crippen molar-refractivity contribution in [3.8, 4) is 0 Å². The molecule has 1 aliphatic rings. The molecule has 18 heavy (non-hydrogen) atoms. The van der Waals surface area contributed by atoms with E-state index in [0.29, 0.717) is 0 Å². The largest absolute Gasteiger partial charge is 0.467 e. The molecule has 1 aliphatic heterocycles. The Bertz CT molecular complexity index is 399. The number of halogens is 8. The van der Waals surface area contributed by atoms with Crippen LogP contribution >= 0.6 is 0 Å². The van der Waals surface area contributed by atoms with Gasteiger partial charge in [0, 0.05) is 0 Å². The molecule has 1 rings (SSSR count). The van der Waals surface area contributed by atoms with Gasteiger partial charge in [0.1, 0.15) is 0 Å². The minimum atomic E-state index is -6.29. The second kappa shape index (κ2) is 3.52. The van der Waals surface area contributed by atoms with Gasteiger partial charge in [-0.05, 0) is 0 Å².